The van der Waals surface area contributed by atoms with Crippen LogP contribution in [0.5, 0.6) is 0 Å². The molecule has 0 spiro atoms. The van der Waals surface area contributed by atoms with Crippen LogP contribution >= 0.6 is 0 Å². The first-order valence-corrected chi connectivity index (χ1v) is 8.30. The highest BCUT2D eigenvalue weighted by atomic mass is 16.5. The molecule has 2 aromatic carbocycles. The Morgan fingerprint density at radius 2 is 1.92 bits per heavy atom. The van der Waals surface area contributed by atoms with Crippen molar-refractivity contribution in [1.82, 2.24) is 9.78 Å². The normalized spacial score (nSPS) is 16.3. The van der Waals surface area contributed by atoms with Crippen LogP contribution in [-0.4, -0.2) is 15.7 Å². The van der Waals surface area contributed by atoms with Crippen LogP contribution in [0.15, 0.2) is 60.7 Å². The molecule has 3 aromatic rings. The van der Waals surface area contributed by atoms with Crippen LogP contribution in [0.2, 0.25) is 0 Å². The lowest BCUT2D eigenvalue weighted by atomic mass is 10.1. The summed E-state index contributed by atoms with van der Waals surface area (Å²) in [5, 5.41) is 7.33. The van der Waals surface area contributed by atoms with Crippen LogP contribution in [0, 0.1) is 6.92 Å². The number of aryl methyl sites for hydroxylation is 1. The van der Waals surface area contributed by atoms with Crippen LogP contribution in [0.4, 0.5) is 5.69 Å². The third-order valence-electron chi connectivity index (χ3n) is 4.35. The maximum Gasteiger partial charge on any atom is 0.276 e. The van der Waals surface area contributed by atoms with Gasteiger partial charge in [0.05, 0.1) is 18.8 Å². The van der Waals surface area contributed by atoms with Crippen LogP contribution < -0.4 is 5.32 Å². The predicted molar refractivity (Wildman–Crippen MR) is 95.3 cm³/mol. The van der Waals surface area contributed by atoms with Gasteiger partial charge in [-0.2, -0.15) is 5.10 Å². The third-order valence-corrected chi connectivity index (χ3v) is 4.35. The molecule has 0 saturated heterocycles. The Morgan fingerprint density at radius 1 is 1.16 bits per heavy atom. The lowest BCUT2D eigenvalue weighted by Crippen LogP contribution is -2.22. The van der Waals surface area contributed by atoms with Gasteiger partial charge in [-0.05, 0) is 30.7 Å². The predicted octanol–water partition coefficient (Wildman–Crippen LogP) is 3.72. The number of carbonyl (C=O) groups is 1. The van der Waals surface area contributed by atoms with E-state index in [1.54, 1.807) is 6.07 Å². The highest BCUT2D eigenvalue weighted by molar-refractivity contribution is 6.02. The molecule has 1 N–H and O–H groups in total. The molecule has 0 fully saturated rings. The highest BCUT2D eigenvalue weighted by Gasteiger charge is 2.24. The number of nitrogens with one attached hydrogen (secondary N) is 1. The van der Waals surface area contributed by atoms with Crippen LogP contribution in [-0.2, 0) is 17.9 Å². The average Bonchev–Trinajstić information content (AvgIpc) is 3.06. The Hall–Kier alpha value is -2.92. The van der Waals surface area contributed by atoms with E-state index in [0.717, 1.165) is 16.9 Å². The van der Waals surface area contributed by atoms with Crippen molar-refractivity contribution in [3.05, 3.63) is 83.2 Å². The van der Waals surface area contributed by atoms with Crippen molar-refractivity contribution >= 4 is 11.6 Å². The van der Waals surface area contributed by atoms with Gasteiger partial charge in [0.25, 0.3) is 5.91 Å². The average molecular weight is 333 g/mol. The summed E-state index contributed by atoms with van der Waals surface area (Å²) in [4.78, 5) is 12.4. The van der Waals surface area contributed by atoms with Crippen molar-refractivity contribution in [3.63, 3.8) is 0 Å². The largest absolute Gasteiger partial charge is 0.365 e. The van der Waals surface area contributed by atoms with Gasteiger partial charge in [0.1, 0.15) is 6.10 Å². The van der Waals surface area contributed by atoms with E-state index < -0.39 is 0 Å². The number of para-hydroxylation sites is 1. The quantitative estimate of drug-likeness (QED) is 0.795. The van der Waals surface area contributed by atoms with Gasteiger partial charge in [0, 0.05) is 5.69 Å². The van der Waals surface area contributed by atoms with Gasteiger partial charge in [-0.3, -0.25) is 9.48 Å². The molecule has 1 aliphatic rings. The molecule has 1 atom stereocenters. The minimum atomic E-state index is -0.208. The molecular formula is C20H19N3O2. The van der Waals surface area contributed by atoms with Gasteiger partial charge >= 0.3 is 0 Å². The highest BCUT2D eigenvalue weighted by Crippen LogP contribution is 2.27. The summed E-state index contributed by atoms with van der Waals surface area (Å²) in [5.74, 6) is -0.208. The van der Waals surface area contributed by atoms with Crippen molar-refractivity contribution in [2.45, 2.75) is 26.2 Å². The zero-order chi connectivity index (χ0) is 17.2. The van der Waals surface area contributed by atoms with E-state index in [4.69, 9.17) is 4.74 Å². The number of fused-ring (bicyclic) bond motifs is 1. The van der Waals surface area contributed by atoms with Crippen molar-refractivity contribution in [1.29, 1.82) is 0 Å². The first-order chi connectivity index (χ1) is 12.2. The first-order valence-electron chi connectivity index (χ1n) is 8.30. The summed E-state index contributed by atoms with van der Waals surface area (Å²) in [6.45, 7) is 3.12. The minimum absolute atomic E-state index is 0.0435. The van der Waals surface area contributed by atoms with Crippen LogP contribution in [0.3, 0.4) is 0 Å². The number of hydrogen-bond acceptors (Lipinski definition) is 3. The Bertz CT molecular complexity index is 885. The van der Waals surface area contributed by atoms with Crippen LogP contribution in [0.25, 0.3) is 0 Å². The molecule has 0 radical (unpaired) electrons. The number of hydrogen-bond donors (Lipinski definition) is 1. The number of carbonyl (C=O) groups excluding carboxylic acids is 1. The lowest BCUT2D eigenvalue weighted by Gasteiger charge is -2.24. The summed E-state index contributed by atoms with van der Waals surface area (Å²) in [5.41, 5.74) is 4.43. The molecule has 5 heteroatoms. The topological polar surface area (TPSA) is 56.2 Å². The first kappa shape index (κ1) is 15.6. The molecule has 4 rings (SSSR count). The maximum atomic E-state index is 12.4. The molecule has 25 heavy (non-hydrogen) atoms. The zero-order valence-corrected chi connectivity index (χ0v) is 14.0. The van der Waals surface area contributed by atoms with E-state index in [1.165, 1.54) is 5.56 Å². The number of nitrogens with zero attached hydrogens (tertiary/aromatic N) is 2. The van der Waals surface area contributed by atoms with Crippen molar-refractivity contribution in [2.75, 3.05) is 5.32 Å². The van der Waals surface area contributed by atoms with Gasteiger partial charge in [-0.15, -0.1) is 0 Å². The molecule has 0 unspecified atom stereocenters. The standard InChI is InChI=1S/C20H19N3O2/c1-14-7-9-15(10-8-14)19-12-23-17(13-25-19)11-18(22-23)20(24)21-16-5-3-2-4-6-16/h2-11,19H,12-13H2,1H3,(H,21,24)/t19-/m1/s1. The minimum Gasteiger partial charge on any atom is -0.365 e. The summed E-state index contributed by atoms with van der Waals surface area (Å²) in [6.07, 6.45) is -0.0435. The number of anilines is 1. The molecule has 2 heterocycles. The Balaban J connectivity index is 1.50. The van der Waals surface area contributed by atoms with Crippen LogP contribution in [0.1, 0.15) is 33.4 Å². The smallest absolute Gasteiger partial charge is 0.276 e. The molecule has 1 aliphatic heterocycles. The van der Waals surface area contributed by atoms with E-state index in [2.05, 4.69) is 41.6 Å². The number of amides is 1. The Morgan fingerprint density at radius 3 is 2.68 bits per heavy atom. The van der Waals surface area contributed by atoms with E-state index in [-0.39, 0.29) is 12.0 Å². The van der Waals surface area contributed by atoms with E-state index in [9.17, 15) is 4.79 Å². The molecule has 1 aromatic heterocycles. The second kappa shape index (κ2) is 6.53. The second-order valence-electron chi connectivity index (χ2n) is 6.23. The van der Waals surface area contributed by atoms with Crippen molar-refractivity contribution in [3.8, 4) is 0 Å². The van der Waals surface area contributed by atoms with Gasteiger partial charge in [0.15, 0.2) is 5.69 Å². The van der Waals surface area contributed by atoms with E-state index in [0.29, 0.717) is 18.8 Å². The summed E-state index contributed by atoms with van der Waals surface area (Å²) < 4.78 is 7.82. The monoisotopic (exact) mass is 333 g/mol. The molecule has 5 nitrogen and oxygen atoms in total. The van der Waals surface area contributed by atoms with E-state index >= 15 is 0 Å². The summed E-state index contributed by atoms with van der Waals surface area (Å²) in [7, 11) is 0. The van der Waals surface area contributed by atoms with Crippen molar-refractivity contribution in [2.24, 2.45) is 0 Å². The van der Waals surface area contributed by atoms with Gasteiger partial charge < -0.3 is 10.1 Å². The van der Waals surface area contributed by atoms with Gasteiger partial charge in [-0.1, -0.05) is 48.0 Å². The lowest BCUT2D eigenvalue weighted by molar-refractivity contribution is -0.00119. The SMILES string of the molecule is Cc1ccc([C@H]2Cn3nc(C(=O)Nc4ccccc4)cc3CO2)cc1. The fourth-order valence-corrected chi connectivity index (χ4v) is 2.94. The Kier molecular flexibility index (Phi) is 4.07. The maximum absolute atomic E-state index is 12.4. The second-order valence-corrected chi connectivity index (χ2v) is 6.23. The molecule has 1 amide bonds. The number of aromatic nitrogens is 2. The summed E-state index contributed by atoms with van der Waals surface area (Å²) >= 11 is 0. The molecule has 126 valence electrons. The summed E-state index contributed by atoms with van der Waals surface area (Å²) in [6, 6.07) is 19.5. The molecule has 0 saturated carbocycles. The van der Waals surface area contributed by atoms with E-state index in [1.807, 2.05) is 35.0 Å². The third kappa shape index (κ3) is 3.32. The number of rotatable bonds is 3. The molecule has 0 bridgehead atoms. The Labute approximate surface area is 146 Å². The number of benzene rings is 2. The fourth-order valence-electron chi connectivity index (χ4n) is 2.94. The molecular weight excluding hydrogens is 314 g/mol. The van der Waals surface area contributed by atoms with Gasteiger partial charge in [0.2, 0.25) is 0 Å². The fraction of sp³-hybridized carbons (Fsp3) is 0.200. The molecule has 0 aliphatic carbocycles. The van der Waals surface area contributed by atoms with Crippen molar-refractivity contribution < 1.29 is 9.53 Å². The number of ether oxygens (including phenoxy) is 1. The van der Waals surface area contributed by atoms with Gasteiger partial charge in [-0.25, -0.2) is 0 Å². The zero-order valence-electron chi connectivity index (χ0n) is 14.0.